The highest BCUT2D eigenvalue weighted by Gasteiger charge is 2.43. The van der Waals surface area contributed by atoms with Gasteiger partial charge in [-0.05, 0) is 51.0 Å². The summed E-state index contributed by atoms with van der Waals surface area (Å²) < 4.78 is 46.8. The van der Waals surface area contributed by atoms with E-state index in [-0.39, 0.29) is 11.9 Å². The molecule has 4 rings (SSSR count). The number of nitrogens with zero attached hydrogens (tertiary/aromatic N) is 4. The van der Waals surface area contributed by atoms with E-state index in [1.807, 2.05) is 24.0 Å². The lowest BCUT2D eigenvalue weighted by molar-refractivity contribution is -0.137. The van der Waals surface area contributed by atoms with Crippen LogP contribution in [0.2, 0.25) is 0 Å². The predicted octanol–water partition coefficient (Wildman–Crippen LogP) is 5.08. The first-order chi connectivity index (χ1) is 14.8. The molecular weight excluding hydrogens is 405 g/mol. The van der Waals surface area contributed by atoms with E-state index in [4.69, 9.17) is 4.74 Å². The molecule has 2 aliphatic heterocycles. The summed E-state index contributed by atoms with van der Waals surface area (Å²) in [5.41, 5.74) is 1.01. The Hall–Kier alpha value is -2.48. The molecule has 1 saturated heterocycles. The van der Waals surface area contributed by atoms with Crippen molar-refractivity contribution in [3.05, 3.63) is 47.7 Å². The molecule has 31 heavy (non-hydrogen) atoms. The summed E-state index contributed by atoms with van der Waals surface area (Å²) >= 11 is 0. The second kappa shape index (κ2) is 8.57. The Labute approximate surface area is 181 Å². The molecule has 0 saturated carbocycles. The Morgan fingerprint density at radius 3 is 2.61 bits per heavy atom. The molecular formula is C23H29F3N4O. The van der Waals surface area contributed by atoms with Crippen molar-refractivity contribution < 1.29 is 17.9 Å². The second-order valence-electron chi connectivity index (χ2n) is 8.18. The lowest BCUT2D eigenvalue weighted by Crippen LogP contribution is -2.36. The number of para-hydroxylation sites is 1. The Balaban J connectivity index is 1.69. The largest absolute Gasteiger partial charge is 0.418 e. The molecule has 0 N–H and O–H groups in total. The van der Waals surface area contributed by atoms with Gasteiger partial charge in [0, 0.05) is 44.5 Å². The van der Waals surface area contributed by atoms with Crippen LogP contribution in [0, 0.1) is 0 Å². The Kier molecular flexibility index (Phi) is 6.01. The van der Waals surface area contributed by atoms with Crippen molar-refractivity contribution in [1.82, 2.24) is 4.98 Å². The second-order valence-corrected chi connectivity index (χ2v) is 8.18. The predicted molar refractivity (Wildman–Crippen MR) is 117 cm³/mol. The maximum absolute atomic E-state index is 13.8. The zero-order valence-corrected chi connectivity index (χ0v) is 18.2. The number of anilines is 3. The van der Waals surface area contributed by atoms with E-state index in [9.17, 15) is 13.2 Å². The lowest BCUT2D eigenvalue weighted by Gasteiger charge is -2.31. The van der Waals surface area contributed by atoms with Crippen molar-refractivity contribution in [2.45, 2.75) is 45.1 Å². The number of aromatic nitrogens is 1. The third-order valence-corrected chi connectivity index (χ3v) is 6.24. The number of fused-ring (bicyclic) bond motifs is 1. The van der Waals surface area contributed by atoms with Gasteiger partial charge in [0.1, 0.15) is 12.0 Å². The van der Waals surface area contributed by atoms with Crippen LogP contribution in [0.3, 0.4) is 0 Å². The fraction of sp³-hybridized carbons (Fsp3) is 0.522. The molecule has 2 aliphatic rings. The van der Waals surface area contributed by atoms with Crippen LogP contribution in [-0.4, -0.2) is 44.4 Å². The normalized spacial score (nSPS) is 21.2. The Bertz CT molecular complexity index is 903. The number of hydrogen-bond acceptors (Lipinski definition) is 5. The molecule has 0 radical (unpaired) electrons. The van der Waals surface area contributed by atoms with Crippen LogP contribution in [-0.2, 0) is 10.9 Å². The summed E-state index contributed by atoms with van der Waals surface area (Å²) in [6.45, 7) is 6.57. The van der Waals surface area contributed by atoms with E-state index < -0.39 is 11.7 Å². The summed E-state index contributed by atoms with van der Waals surface area (Å²) in [5, 5.41) is 0. The van der Waals surface area contributed by atoms with E-state index in [0.717, 1.165) is 36.8 Å². The van der Waals surface area contributed by atoms with Gasteiger partial charge < -0.3 is 19.4 Å². The summed E-state index contributed by atoms with van der Waals surface area (Å²) in [4.78, 5) is 10.6. The van der Waals surface area contributed by atoms with Crippen LogP contribution in [0.25, 0.3) is 0 Å². The van der Waals surface area contributed by atoms with Crippen molar-refractivity contribution in [3.63, 3.8) is 0 Å². The van der Waals surface area contributed by atoms with E-state index in [0.29, 0.717) is 31.5 Å². The number of halogens is 3. The molecule has 1 aromatic heterocycles. The topological polar surface area (TPSA) is 31.8 Å². The van der Waals surface area contributed by atoms with Crippen LogP contribution in [0.5, 0.6) is 0 Å². The zero-order valence-electron chi connectivity index (χ0n) is 18.2. The molecule has 3 heterocycles. The molecule has 0 aliphatic carbocycles. The number of rotatable bonds is 6. The average Bonchev–Trinajstić information content (AvgIpc) is 3.29. The van der Waals surface area contributed by atoms with Gasteiger partial charge >= 0.3 is 6.18 Å². The molecule has 2 aromatic rings. The first kappa shape index (κ1) is 21.7. The monoisotopic (exact) mass is 434 g/mol. The minimum Gasteiger partial charge on any atom is -0.380 e. The van der Waals surface area contributed by atoms with Crippen molar-refractivity contribution in [3.8, 4) is 0 Å². The van der Waals surface area contributed by atoms with Gasteiger partial charge in [0.15, 0.2) is 0 Å². The number of benzene rings is 1. The fourth-order valence-corrected chi connectivity index (χ4v) is 4.77. The molecule has 0 spiro atoms. The van der Waals surface area contributed by atoms with Crippen molar-refractivity contribution in [2.24, 2.45) is 0 Å². The molecule has 1 fully saturated rings. The quantitative estimate of drug-likeness (QED) is 0.592. The van der Waals surface area contributed by atoms with Crippen LogP contribution in [0.1, 0.15) is 44.0 Å². The minimum absolute atomic E-state index is 0.203. The summed E-state index contributed by atoms with van der Waals surface area (Å²) in [6, 6.07) is 8.80. The maximum Gasteiger partial charge on any atom is 0.418 e. The first-order valence-electron chi connectivity index (χ1n) is 10.8. The van der Waals surface area contributed by atoms with Gasteiger partial charge in [-0.3, -0.25) is 0 Å². The van der Waals surface area contributed by atoms with Crippen molar-refractivity contribution >= 4 is 17.2 Å². The summed E-state index contributed by atoms with van der Waals surface area (Å²) in [5.74, 6) is 0.920. The zero-order chi connectivity index (χ0) is 22.2. The van der Waals surface area contributed by atoms with Gasteiger partial charge in [-0.2, -0.15) is 13.2 Å². The molecule has 2 atom stereocenters. The Morgan fingerprint density at radius 2 is 2.00 bits per heavy atom. The van der Waals surface area contributed by atoms with Gasteiger partial charge in [-0.25, -0.2) is 4.98 Å². The summed E-state index contributed by atoms with van der Waals surface area (Å²) in [7, 11) is 1.72. The Morgan fingerprint density at radius 1 is 1.19 bits per heavy atom. The van der Waals surface area contributed by atoms with Gasteiger partial charge in [0.2, 0.25) is 0 Å². The standard InChI is InChI=1S/C23H29F3N4O/c1-4-31-14-13-30-19-9-5-8-18(23(24,25)26)21(19)28(3)22(30)17-10-11-20(27-15-17)29-12-6-7-16(29)2/h5,8-11,15-16,22H,4,6-7,12-14H2,1-3H3. The van der Waals surface area contributed by atoms with Gasteiger partial charge in [-0.15, -0.1) is 0 Å². The molecule has 0 amide bonds. The van der Waals surface area contributed by atoms with E-state index in [1.54, 1.807) is 24.2 Å². The lowest BCUT2D eigenvalue weighted by atomic mass is 10.1. The average molecular weight is 435 g/mol. The minimum atomic E-state index is -4.42. The van der Waals surface area contributed by atoms with Crippen LogP contribution in [0.15, 0.2) is 36.5 Å². The first-order valence-corrected chi connectivity index (χ1v) is 10.8. The molecule has 1 aromatic carbocycles. The van der Waals surface area contributed by atoms with E-state index in [2.05, 4.69) is 16.8 Å². The number of ether oxygens (including phenoxy) is 1. The van der Waals surface area contributed by atoms with Crippen LogP contribution < -0.4 is 14.7 Å². The molecule has 8 heteroatoms. The van der Waals surface area contributed by atoms with E-state index >= 15 is 0 Å². The smallest absolute Gasteiger partial charge is 0.380 e. The number of pyridine rings is 1. The molecule has 0 bridgehead atoms. The number of hydrogen-bond donors (Lipinski definition) is 0. The third kappa shape index (κ3) is 4.05. The number of alkyl halides is 3. The highest BCUT2D eigenvalue weighted by atomic mass is 19.4. The highest BCUT2D eigenvalue weighted by molar-refractivity contribution is 5.81. The van der Waals surface area contributed by atoms with E-state index in [1.165, 1.54) is 6.07 Å². The van der Waals surface area contributed by atoms with Crippen LogP contribution >= 0.6 is 0 Å². The molecule has 168 valence electrons. The van der Waals surface area contributed by atoms with Crippen molar-refractivity contribution in [1.29, 1.82) is 0 Å². The van der Waals surface area contributed by atoms with Gasteiger partial charge in [0.25, 0.3) is 0 Å². The molecule has 2 unspecified atom stereocenters. The van der Waals surface area contributed by atoms with Crippen molar-refractivity contribution in [2.75, 3.05) is 48.1 Å². The maximum atomic E-state index is 13.8. The fourth-order valence-electron chi connectivity index (χ4n) is 4.77. The SMILES string of the molecule is CCOCCN1c2cccc(C(F)(F)F)c2N(C)C1c1ccc(N2CCCC2C)nc1. The third-order valence-electron chi connectivity index (χ3n) is 6.24. The van der Waals surface area contributed by atoms with Crippen LogP contribution in [0.4, 0.5) is 30.4 Å². The van der Waals surface area contributed by atoms with Gasteiger partial charge in [0.05, 0.1) is 23.5 Å². The van der Waals surface area contributed by atoms with Gasteiger partial charge in [-0.1, -0.05) is 6.07 Å². The summed E-state index contributed by atoms with van der Waals surface area (Å²) in [6.07, 6.45) is -0.703. The highest BCUT2D eigenvalue weighted by Crippen LogP contribution is 2.50. The molecule has 5 nitrogen and oxygen atoms in total.